The fourth-order valence-corrected chi connectivity index (χ4v) is 3.48. The molecule has 0 aromatic rings. The number of hydrogen-bond donors (Lipinski definition) is 2. The molecule has 4 heteroatoms. The third kappa shape index (κ3) is 4.69. The minimum Gasteiger partial charge on any atom is -0.393 e. The fourth-order valence-electron chi connectivity index (χ4n) is 3.48. The molecule has 0 amide bonds. The molecule has 0 spiro atoms. The molecule has 20 heavy (non-hydrogen) atoms. The van der Waals surface area contributed by atoms with Gasteiger partial charge in [0.2, 0.25) is 0 Å². The Bertz CT molecular complexity index is 280. The second-order valence-electron chi connectivity index (χ2n) is 7.03. The van der Waals surface area contributed by atoms with E-state index >= 15 is 0 Å². The third-order valence-electron chi connectivity index (χ3n) is 5.13. The molecule has 2 fully saturated rings. The van der Waals surface area contributed by atoms with E-state index in [9.17, 15) is 10.2 Å². The smallest absolute Gasteiger partial charge is 0.0672 e. The second kappa shape index (κ2) is 7.21. The zero-order chi connectivity index (χ0) is 14.6. The fraction of sp³-hybridized carbons (Fsp3) is 1.00. The molecule has 0 atom stereocenters. The van der Waals surface area contributed by atoms with Gasteiger partial charge < -0.3 is 20.0 Å². The molecule has 2 heterocycles. The predicted octanol–water partition coefficient (Wildman–Crippen LogP) is 1.46. The van der Waals surface area contributed by atoms with E-state index in [0.29, 0.717) is 6.04 Å². The van der Waals surface area contributed by atoms with Gasteiger partial charge in [-0.2, -0.15) is 0 Å². The number of nitrogens with zero attached hydrogens (tertiary/aromatic N) is 2. The number of aliphatic hydroxyl groups is 2. The summed E-state index contributed by atoms with van der Waals surface area (Å²) in [5, 5.41) is 20.2. The molecular weight excluding hydrogens is 252 g/mol. The molecule has 0 aromatic carbocycles. The van der Waals surface area contributed by atoms with Crippen LogP contribution in [-0.2, 0) is 0 Å². The Kier molecular flexibility index (Phi) is 5.84. The summed E-state index contributed by atoms with van der Waals surface area (Å²) in [6, 6.07) is 0.597. The Labute approximate surface area is 123 Å². The highest BCUT2D eigenvalue weighted by molar-refractivity contribution is 4.87. The summed E-state index contributed by atoms with van der Waals surface area (Å²) in [7, 11) is 0. The lowest BCUT2D eigenvalue weighted by Gasteiger charge is -2.40. The van der Waals surface area contributed by atoms with Crippen LogP contribution >= 0.6 is 0 Å². The first kappa shape index (κ1) is 16.2. The highest BCUT2D eigenvalue weighted by Gasteiger charge is 2.32. The number of likely N-dealkylation sites (tertiary alicyclic amines) is 2. The van der Waals surface area contributed by atoms with Gasteiger partial charge in [0.25, 0.3) is 0 Å². The van der Waals surface area contributed by atoms with Crippen molar-refractivity contribution in [2.75, 3.05) is 32.7 Å². The first-order valence-corrected chi connectivity index (χ1v) is 8.35. The average Bonchev–Trinajstić information content (AvgIpc) is 2.41. The normalized spacial score (nSPS) is 26.2. The summed E-state index contributed by atoms with van der Waals surface area (Å²) in [6.45, 7) is 9.63. The van der Waals surface area contributed by atoms with E-state index in [0.717, 1.165) is 71.2 Å². The molecule has 0 unspecified atom stereocenters. The molecule has 118 valence electrons. The Hall–Kier alpha value is -0.160. The summed E-state index contributed by atoms with van der Waals surface area (Å²) in [4.78, 5) is 4.89. The molecule has 0 bridgehead atoms. The van der Waals surface area contributed by atoms with Crippen molar-refractivity contribution in [3.63, 3.8) is 0 Å². The molecule has 0 aliphatic carbocycles. The van der Waals surface area contributed by atoms with Crippen molar-refractivity contribution in [3.05, 3.63) is 0 Å². The van der Waals surface area contributed by atoms with Gasteiger partial charge in [-0.25, -0.2) is 0 Å². The average molecular weight is 284 g/mol. The molecule has 0 radical (unpaired) electrons. The van der Waals surface area contributed by atoms with Gasteiger partial charge in [-0.3, -0.25) is 0 Å². The van der Waals surface area contributed by atoms with Crippen molar-refractivity contribution in [3.8, 4) is 0 Å². The highest BCUT2D eigenvalue weighted by atomic mass is 16.3. The van der Waals surface area contributed by atoms with Crippen LogP contribution in [0.15, 0.2) is 0 Å². The van der Waals surface area contributed by atoms with Gasteiger partial charge in [0.05, 0.1) is 11.7 Å². The third-order valence-corrected chi connectivity index (χ3v) is 5.13. The summed E-state index contributed by atoms with van der Waals surface area (Å²) in [5.41, 5.74) is -0.430. The van der Waals surface area contributed by atoms with Crippen LogP contribution in [0, 0.1) is 0 Å². The van der Waals surface area contributed by atoms with Crippen LogP contribution in [0.2, 0.25) is 0 Å². The van der Waals surface area contributed by atoms with Crippen molar-refractivity contribution in [1.82, 2.24) is 9.80 Å². The Morgan fingerprint density at radius 2 is 1.70 bits per heavy atom. The number of aliphatic hydroxyl groups excluding tert-OH is 1. The van der Waals surface area contributed by atoms with E-state index in [1.54, 1.807) is 0 Å². The molecule has 2 saturated heterocycles. The van der Waals surface area contributed by atoms with E-state index in [2.05, 4.69) is 23.6 Å². The maximum atomic E-state index is 10.7. The van der Waals surface area contributed by atoms with Gasteiger partial charge in [0.15, 0.2) is 0 Å². The predicted molar refractivity (Wildman–Crippen MR) is 81.8 cm³/mol. The second-order valence-corrected chi connectivity index (χ2v) is 7.03. The lowest BCUT2D eigenvalue weighted by molar-refractivity contribution is -0.0370. The lowest BCUT2D eigenvalue weighted by atomic mass is 9.86. The molecule has 2 aliphatic heterocycles. The van der Waals surface area contributed by atoms with Crippen LogP contribution in [0.4, 0.5) is 0 Å². The van der Waals surface area contributed by atoms with Crippen LogP contribution in [0.3, 0.4) is 0 Å². The van der Waals surface area contributed by atoms with Gasteiger partial charge in [0.1, 0.15) is 0 Å². The summed E-state index contributed by atoms with van der Waals surface area (Å²) >= 11 is 0. The molecule has 4 nitrogen and oxygen atoms in total. The maximum Gasteiger partial charge on any atom is 0.0672 e. The number of piperidine rings is 2. The molecular formula is C16H32N2O2. The van der Waals surface area contributed by atoms with Crippen LogP contribution < -0.4 is 0 Å². The maximum absolute atomic E-state index is 10.7. The van der Waals surface area contributed by atoms with E-state index in [4.69, 9.17) is 0 Å². The van der Waals surface area contributed by atoms with Gasteiger partial charge in [-0.1, -0.05) is 0 Å². The minimum absolute atomic E-state index is 0.0872. The van der Waals surface area contributed by atoms with Gasteiger partial charge >= 0.3 is 0 Å². The van der Waals surface area contributed by atoms with Crippen LogP contribution in [0.25, 0.3) is 0 Å². The van der Waals surface area contributed by atoms with Gasteiger partial charge in [-0.15, -0.1) is 0 Å². The van der Waals surface area contributed by atoms with Crippen LogP contribution in [0.1, 0.15) is 52.4 Å². The molecule has 0 saturated carbocycles. The molecule has 2 rings (SSSR count). The monoisotopic (exact) mass is 284 g/mol. The topological polar surface area (TPSA) is 46.9 Å². The summed E-state index contributed by atoms with van der Waals surface area (Å²) in [5.74, 6) is 0. The standard InChI is InChI=1S/C16H32N2O2/c1-14(2)18-12-7-16(20,8-13-18)6-3-9-17-10-4-15(19)5-11-17/h14-15,19-20H,3-13H2,1-2H3. The first-order valence-electron chi connectivity index (χ1n) is 8.35. The molecule has 2 N–H and O–H groups in total. The highest BCUT2D eigenvalue weighted by Crippen LogP contribution is 2.28. The van der Waals surface area contributed by atoms with Crippen molar-refractivity contribution in [1.29, 1.82) is 0 Å². The van der Waals surface area contributed by atoms with E-state index in [-0.39, 0.29) is 6.10 Å². The zero-order valence-electron chi connectivity index (χ0n) is 13.2. The van der Waals surface area contributed by atoms with Crippen molar-refractivity contribution in [2.24, 2.45) is 0 Å². The number of hydrogen-bond acceptors (Lipinski definition) is 4. The first-order chi connectivity index (χ1) is 9.48. The van der Waals surface area contributed by atoms with E-state index in [1.165, 1.54) is 0 Å². The lowest BCUT2D eigenvalue weighted by Crippen LogP contribution is -2.47. The van der Waals surface area contributed by atoms with Crippen LogP contribution in [0.5, 0.6) is 0 Å². The summed E-state index contributed by atoms with van der Waals surface area (Å²) < 4.78 is 0. The van der Waals surface area contributed by atoms with Crippen molar-refractivity contribution < 1.29 is 10.2 Å². The minimum atomic E-state index is -0.430. The number of rotatable bonds is 5. The van der Waals surface area contributed by atoms with E-state index in [1.807, 2.05) is 0 Å². The Morgan fingerprint density at radius 3 is 2.25 bits per heavy atom. The summed E-state index contributed by atoms with van der Waals surface area (Å²) in [6.07, 6.45) is 5.58. The van der Waals surface area contributed by atoms with Gasteiger partial charge in [0, 0.05) is 32.2 Å². The molecule has 0 aromatic heterocycles. The SMILES string of the molecule is CC(C)N1CCC(O)(CCCN2CCC(O)CC2)CC1. The Balaban J connectivity index is 1.64. The Morgan fingerprint density at radius 1 is 1.10 bits per heavy atom. The quantitative estimate of drug-likeness (QED) is 0.802. The van der Waals surface area contributed by atoms with E-state index < -0.39 is 5.60 Å². The molecule has 2 aliphatic rings. The van der Waals surface area contributed by atoms with Gasteiger partial charge in [-0.05, 0) is 58.9 Å². The van der Waals surface area contributed by atoms with Crippen molar-refractivity contribution in [2.45, 2.75) is 70.1 Å². The van der Waals surface area contributed by atoms with Crippen LogP contribution in [-0.4, -0.2) is 70.5 Å². The van der Waals surface area contributed by atoms with Crippen molar-refractivity contribution >= 4 is 0 Å². The largest absolute Gasteiger partial charge is 0.393 e. The zero-order valence-corrected chi connectivity index (χ0v) is 13.2.